The molecule has 0 N–H and O–H groups in total. The Morgan fingerprint density at radius 1 is 1.03 bits per heavy atom. The first-order valence-electron chi connectivity index (χ1n) is 14.0. The van der Waals surface area contributed by atoms with E-state index in [-0.39, 0.29) is 17.5 Å². The highest BCUT2D eigenvalue weighted by molar-refractivity contribution is 5.93. The van der Waals surface area contributed by atoms with Crippen molar-refractivity contribution >= 4 is 18.0 Å². The van der Waals surface area contributed by atoms with Crippen molar-refractivity contribution in [1.82, 2.24) is 0 Å². The van der Waals surface area contributed by atoms with Crippen LogP contribution in [0.1, 0.15) is 117 Å². The summed E-state index contributed by atoms with van der Waals surface area (Å²) in [6.45, 7) is 3.96. The Morgan fingerprint density at radius 2 is 1.76 bits per heavy atom. The summed E-state index contributed by atoms with van der Waals surface area (Å²) >= 11 is 0. The Morgan fingerprint density at radius 3 is 2.50 bits per heavy atom. The number of aldehydes is 1. The van der Waals surface area contributed by atoms with E-state index in [1.165, 1.54) is 56.1 Å². The first-order valence-corrected chi connectivity index (χ1v) is 14.0. The maximum absolute atomic E-state index is 12.1. The third kappa shape index (κ3) is 5.41. The maximum Gasteiger partial charge on any atom is 0.302 e. The first kappa shape index (κ1) is 25.4. The van der Waals surface area contributed by atoms with Crippen molar-refractivity contribution in [1.29, 1.82) is 0 Å². The normalized spacial score (nSPS) is 32.5. The average Bonchev–Trinajstić information content (AvgIpc) is 3.12. The molecule has 34 heavy (non-hydrogen) atoms. The molecule has 0 aromatic heterocycles. The molecule has 0 spiro atoms. The topological polar surface area (TPSA) is 60.4 Å². The third-order valence-corrected chi connectivity index (χ3v) is 9.43. The lowest BCUT2D eigenvalue weighted by Crippen LogP contribution is -2.46. The van der Waals surface area contributed by atoms with E-state index >= 15 is 0 Å². The largest absolute Gasteiger partial charge is 0.462 e. The molecule has 2 saturated carbocycles. The van der Waals surface area contributed by atoms with Crippen LogP contribution in [0, 0.1) is 23.2 Å². The van der Waals surface area contributed by atoms with Gasteiger partial charge in [-0.1, -0.05) is 51.0 Å². The van der Waals surface area contributed by atoms with Crippen LogP contribution in [0.15, 0.2) is 22.8 Å². The molecular weight excluding hydrogens is 424 g/mol. The molecule has 0 heterocycles. The lowest BCUT2D eigenvalue weighted by atomic mass is 9.53. The van der Waals surface area contributed by atoms with Gasteiger partial charge in [-0.3, -0.25) is 9.59 Å². The Hall–Kier alpha value is -1.71. The summed E-state index contributed by atoms with van der Waals surface area (Å²) in [7, 11) is 0. The predicted molar refractivity (Wildman–Crippen MR) is 134 cm³/mol. The van der Waals surface area contributed by atoms with Gasteiger partial charge in [0, 0.05) is 25.2 Å². The molecule has 0 amide bonds. The highest BCUT2D eigenvalue weighted by Gasteiger charge is 2.57. The van der Waals surface area contributed by atoms with Gasteiger partial charge in [-0.05, 0) is 86.3 Å². The summed E-state index contributed by atoms with van der Waals surface area (Å²) < 4.78 is 5.90. The molecule has 2 fully saturated rings. The van der Waals surface area contributed by atoms with E-state index < -0.39 is 0 Å². The molecule has 4 nitrogen and oxygen atoms in total. The number of rotatable bonds is 11. The third-order valence-electron chi connectivity index (χ3n) is 9.43. The van der Waals surface area contributed by atoms with Crippen molar-refractivity contribution in [3.8, 4) is 0 Å². The molecule has 4 aliphatic carbocycles. The zero-order valence-electron chi connectivity index (χ0n) is 21.4. The van der Waals surface area contributed by atoms with Crippen LogP contribution in [0.25, 0.3) is 0 Å². The summed E-state index contributed by atoms with van der Waals surface area (Å²) in [5.74, 6) is 1.92. The molecule has 5 atom stereocenters. The molecule has 4 heteroatoms. The first-order chi connectivity index (χ1) is 16.4. The highest BCUT2D eigenvalue weighted by atomic mass is 16.5. The highest BCUT2D eigenvalue weighted by Crippen LogP contribution is 2.63. The fraction of sp³-hybridized carbons (Fsp3) is 0.767. The number of esters is 1. The molecule has 188 valence electrons. The van der Waals surface area contributed by atoms with Crippen LogP contribution < -0.4 is 0 Å². The number of carbonyl (C=O) groups excluding carboxylic acids is 3. The smallest absolute Gasteiger partial charge is 0.302 e. The molecule has 0 bridgehead atoms. The second-order valence-corrected chi connectivity index (χ2v) is 11.6. The van der Waals surface area contributed by atoms with Crippen LogP contribution >= 0.6 is 0 Å². The van der Waals surface area contributed by atoms with Gasteiger partial charge in [0.2, 0.25) is 0 Å². The second kappa shape index (κ2) is 11.4. The number of unbranched alkanes of at least 4 members (excludes halogenated alkanes) is 7. The molecule has 0 aliphatic heterocycles. The van der Waals surface area contributed by atoms with Gasteiger partial charge in [0.05, 0.1) is 0 Å². The lowest BCUT2D eigenvalue weighted by molar-refractivity contribution is -0.154. The van der Waals surface area contributed by atoms with Gasteiger partial charge in [0.15, 0.2) is 5.78 Å². The summed E-state index contributed by atoms with van der Waals surface area (Å²) in [5, 5.41) is 0. The summed E-state index contributed by atoms with van der Waals surface area (Å²) in [6, 6.07) is 0. The molecule has 0 aromatic rings. The van der Waals surface area contributed by atoms with Crippen LogP contribution in [0.2, 0.25) is 0 Å². The number of hydrogen-bond donors (Lipinski definition) is 0. The number of hydrogen-bond acceptors (Lipinski definition) is 4. The Kier molecular flexibility index (Phi) is 8.47. The van der Waals surface area contributed by atoms with Gasteiger partial charge in [-0.2, -0.15) is 0 Å². The fourth-order valence-corrected chi connectivity index (χ4v) is 7.94. The molecule has 4 aliphatic rings. The Labute approximate surface area is 206 Å². The molecule has 0 aromatic carbocycles. The minimum atomic E-state index is -0.139. The second-order valence-electron chi connectivity index (χ2n) is 11.6. The average molecular weight is 469 g/mol. The van der Waals surface area contributed by atoms with Crippen LogP contribution in [-0.4, -0.2) is 24.1 Å². The number of fused-ring (bicyclic) bond motifs is 4. The zero-order chi connectivity index (χ0) is 24.1. The Balaban J connectivity index is 1.46. The number of ether oxygens (including phenoxy) is 1. The lowest BCUT2D eigenvalue weighted by Gasteiger charge is -2.52. The van der Waals surface area contributed by atoms with E-state index in [1.54, 1.807) is 12.5 Å². The van der Waals surface area contributed by atoms with E-state index in [1.807, 2.05) is 6.08 Å². The van der Waals surface area contributed by atoms with Crippen molar-refractivity contribution in [2.24, 2.45) is 23.2 Å². The summed E-state index contributed by atoms with van der Waals surface area (Å²) in [6.07, 6.45) is 20.5. The van der Waals surface area contributed by atoms with Gasteiger partial charge >= 0.3 is 5.97 Å². The van der Waals surface area contributed by atoms with E-state index in [0.717, 1.165) is 51.2 Å². The van der Waals surface area contributed by atoms with Gasteiger partial charge in [0.25, 0.3) is 0 Å². The standard InChI is InChI=1S/C30H44O4/c1-21(32)34-28-17-16-27-26-14-12-22-19-24(33)13-15-25(22)29(26)23(20-30(27,28)2)11-9-7-5-3-4-6-8-10-18-31/h18-19,23,26-28H,3-17,20H2,1-2H3/t23-,26-,27-,28-,30-/m0/s1. The SMILES string of the molecule is CC(=O)O[C@H]1CC[C@H]2[C@@H]3CCC4=CC(=O)CCC4=C3[C@@H](CCCCCCCCCC=O)C[C@]12C. The molecular formula is C30H44O4. The quantitative estimate of drug-likeness (QED) is 0.185. The molecule has 4 rings (SSSR count). The van der Waals surface area contributed by atoms with Crippen LogP contribution in [-0.2, 0) is 19.1 Å². The van der Waals surface area contributed by atoms with Crippen molar-refractivity contribution in [3.05, 3.63) is 22.8 Å². The predicted octanol–water partition coefficient (Wildman–Crippen LogP) is 7.06. The van der Waals surface area contributed by atoms with Gasteiger partial charge in [-0.25, -0.2) is 0 Å². The van der Waals surface area contributed by atoms with E-state index in [4.69, 9.17) is 4.74 Å². The number of allylic oxidation sites excluding steroid dienone is 4. The van der Waals surface area contributed by atoms with E-state index in [9.17, 15) is 14.4 Å². The van der Waals surface area contributed by atoms with Crippen LogP contribution in [0.3, 0.4) is 0 Å². The molecule has 0 unspecified atom stereocenters. The minimum absolute atomic E-state index is 0.0558. The van der Waals surface area contributed by atoms with Crippen LogP contribution in [0.5, 0.6) is 0 Å². The fourth-order valence-electron chi connectivity index (χ4n) is 7.94. The Bertz CT molecular complexity index is 837. The van der Waals surface area contributed by atoms with Crippen molar-refractivity contribution in [2.45, 2.75) is 123 Å². The maximum atomic E-state index is 12.1. The number of carbonyl (C=O) groups is 3. The minimum Gasteiger partial charge on any atom is -0.462 e. The van der Waals surface area contributed by atoms with Gasteiger partial charge in [0.1, 0.15) is 12.4 Å². The van der Waals surface area contributed by atoms with E-state index in [2.05, 4.69) is 6.92 Å². The zero-order valence-corrected chi connectivity index (χ0v) is 21.4. The van der Waals surface area contributed by atoms with Crippen molar-refractivity contribution in [3.63, 3.8) is 0 Å². The molecule has 0 radical (unpaired) electrons. The van der Waals surface area contributed by atoms with Gasteiger partial charge < -0.3 is 9.53 Å². The summed E-state index contributed by atoms with van der Waals surface area (Å²) in [4.78, 5) is 34.4. The number of ketones is 1. The molecule has 0 saturated heterocycles. The van der Waals surface area contributed by atoms with Crippen molar-refractivity contribution in [2.75, 3.05) is 0 Å². The monoisotopic (exact) mass is 468 g/mol. The summed E-state index contributed by atoms with van der Waals surface area (Å²) in [5.41, 5.74) is 4.65. The van der Waals surface area contributed by atoms with Gasteiger partial charge in [-0.15, -0.1) is 0 Å². The van der Waals surface area contributed by atoms with Crippen molar-refractivity contribution < 1.29 is 19.1 Å². The van der Waals surface area contributed by atoms with Crippen LogP contribution in [0.4, 0.5) is 0 Å². The van der Waals surface area contributed by atoms with E-state index in [0.29, 0.717) is 36.4 Å².